The fraction of sp³-hybridized carbons (Fsp3) is 0.538. The van der Waals surface area contributed by atoms with Crippen LogP contribution in [-0.4, -0.2) is 45.1 Å². The van der Waals surface area contributed by atoms with Crippen molar-refractivity contribution in [1.29, 1.82) is 0 Å². The summed E-state index contributed by atoms with van der Waals surface area (Å²) < 4.78 is 25.4. The molecule has 1 aliphatic carbocycles. The zero-order valence-electron chi connectivity index (χ0n) is 22.1. The van der Waals surface area contributed by atoms with E-state index in [0.29, 0.717) is 24.4 Å². The second-order valence-corrected chi connectivity index (χ2v) is 11.4. The van der Waals surface area contributed by atoms with Gasteiger partial charge in [-0.15, -0.1) is 0 Å². The number of nitrogens with zero attached hydrogens (tertiary/aromatic N) is 4. The van der Waals surface area contributed by atoms with E-state index in [1.165, 1.54) is 0 Å². The van der Waals surface area contributed by atoms with Gasteiger partial charge in [-0.05, 0) is 65.0 Å². The van der Waals surface area contributed by atoms with E-state index in [0.717, 1.165) is 54.4 Å². The first-order valence-electron chi connectivity index (χ1n) is 13.0. The maximum Gasteiger partial charge on any atom is 0.344 e. The fourth-order valence-electron chi connectivity index (χ4n) is 5.01. The third kappa shape index (κ3) is 6.09. The number of hydrogen-bond acceptors (Lipinski definition) is 9. The number of anilines is 1. The topological polar surface area (TPSA) is 134 Å². The summed E-state index contributed by atoms with van der Waals surface area (Å²) in [6.45, 7) is 8.21. The second-order valence-electron chi connectivity index (χ2n) is 9.34. The average Bonchev–Trinajstić information content (AvgIpc) is 2.88. The molecule has 3 N–H and O–H groups in total. The Morgan fingerprint density at radius 1 is 1.11 bits per heavy atom. The van der Waals surface area contributed by atoms with Gasteiger partial charge in [0.15, 0.2) is 0 Å². The first-order chi connectivity index (χ1) is 17.8. The number of rotatable bonds is 10. The minimum absolute atomic E-state index is 0.0461. The molecule has 0 saturated heterocycles. The predicted octanol–water partition coefficient (Wildman–Crippen LogP) is 4.60. The molecule has 0 unspecified atom stereocenters. The zero-order chi connectivity index (χ0) is 26.6. The molecule has 0 amide bonds. The maximum atomic E-state index is 13.9. The SMILES string of the molecule is CCOP(=O)(CNC1CCC(n2c(=O)c(-c3ccc(CC)nc3)cc3c(C)nc(N)nc32)CC1)OCC. The number of nitrogens with one attached hydrogen (secondary N) is 1. The highest BCUT2D eigenvalue weighted by Crippen LogP contribution is 2.47. The van der Waals surface area contributed by atoms with Gasteiger partial charge in [-0.2, -0.15) is 4.98 Å². The van der Waals surface area contributed by atoms with Crippen molar-refractivity contribution in [2.75, 3.05) is 25.2 Å². The lowest BCUT2D eigenvalue weighted by atomic mass is 9.90. The monoisotopic (exact) mass is 528 g/mol. The van der Waals surface area contributed by atoms with Crippen LogP contribution in [0.1, 0.15) is 63.9 Å². The van der Waals surface area contributed by atoms with Crippen molar-refractivity contribution in [2.24, 2.45) is 0 Å². The highest BCUT2D eigenvalue weighted by Gasteiger charge is 2.29. The van der Waals surface area contributed by atoms with Crippen LogP contribution in [0.2, 0.25) is 0 Å². The first kappa shape index (κ1) is 27.4. The van der Waals surface area contributed by atoms with E-state index in [1.54, 1.807) is 24.6 Å². The molecule has 11 heteroatoms. The molecular formula is C26H37N6O4P. The molecule has 0 radical (unpaired) electrons. The molecule has 10 nitrogen and oxygen atoms in total. The number of pyridine rings is 2. The molecular weight excluding hydrogens is 491 g/mol. The van der Waals surface area contributed by atoms with E-state index >= 15 is 0 Å². The Morgan fingerprint density at radius 2 is 1.81 bits per heavy atom. The molecule has 3 aromatic heterocycles. The molecule has 1 fully saturated rings. The number of nitrogens with two attached hydrogens (primary N) is 1. The van der Waals surface area contributed by atoms with Gasteiger partial charge >= 0.3 is 7.60 Å². The summed E-state index contributed by atoms with van der Waals surface area (Å²) in [5, 5.41) is 4.17. The van der Waals surface area contributed by atoms with Gasteiger partial charge in [0.25, 0.3) is 5.56 Å². The normalized spacial score (nSPS) is 18.4. The van der Waals surface area contributed by atoms with Crippen LogP contribution >= 0.6 is 7.60 Å². The van der Waals surface area contributed by atoms with E-state index in [1.807, 2.05) is 32.0 Å². The Hall–Kier alpha value is -2.65. The molecule has 0 atom stereocenters. The number of aromatic nitrogens is 4. The van der Waals surface area contributed by atoms with Crippen molar-refractivity contribution in [3.63, 3.8) is 0 Å². The van der Waals surface area contributed by atoms with E-state index in [-0.39, 0.29) is 29.9 Å². The number of hydrogen-bond donors (Lipinski definition) is 2. The molecule has 0 bridgehead atoms. The van der Waals surface area contributed by atoms with Crippen molar-refractivity contribution < 1.29 is 13.6 Å². The summed E-state index contributed by atoms with van der Waals surface area (Å²) in [5.41, 5.74) is 9.50. The first-order valence-corrected chi connectivity index (χ1v) is 14.8. The smallest absolute Gasteiger partial charge is 0.344 e. The number of aryl methyl sites for hydroxylation is 2. The Kier molecular flexibility index (Phi) is 8.75. The fourth-order valence-corrected chi connectivity index (χ4v) is 6.54. The largest absolute Gasteiger partial charge is 0.368 e. The van der Waals surface area contributed by atoms with Gasteiger partial charge in [-0.1, -0.05) is 13.0 Å². The maximum absolute atomic E-state index is 13.9. The highest BCUT2D eigenvalue weighted by molar-refractivity contribution is 7.53. The Morgan fingerprint density at radius 3 is 2.41 bits per heavy atom. The Labute approximate surface area is 217 Å². The lowest BCUT2D eigenvalue weighted by Crippen LogP contribution is -2.37. The summed E-state index contributed by atoms with van der Waals surface area (Å²) in [7, 11) is -3.16. The van der Waals surface area contributed by atoms with Crippen LogP contribution in [0.5, 0.6) is 0 Å². The van der Waals surface area contributed by atoms with Gasteiger partial charge in [-0.3, -0.25) is 18.9 Å². The van der Waals surface area contributed by atoms with Crippen molar-refractivity contribution in [3.05, 3.63) is 46.1 Å². The van der Waals surface area contributed by atoms with Gasteiger partial charge in [0, 0.05) is 40.5 Å². The van der Waals surface area contributed by atoms with Crippen molar-refractivity contribution in [3.8, 4) is 11.1 Å². The van der Waals surface area contributed by atoms with Crippen LogP contribution < -0.4 is 16.6 Å². The van der Waals surface area contributed by atoms with Crippen molar-refractivity contribution >= 4 is 24.6 Å². The van der Waals surface area contributed by atoms with Crippen molar-refractivity contribution in [1.82, 2.24) is 24.8 Å². The second kappa shape index (κ2) is 11.8. The minimum atomic E-state index is -3.16. The van der Waals surface area contributed by atoms with Gasteiger partial charge in [-0.25, -0.2) is 4.98 Å². The third-order valence-corrected chi connectivity index (χ3v) is 8.76. The van der Waals surface area contributed by atoms with Gasteiger partial charge in [0.05, 0.1) is 25.2 Å². The Bertz CT molecular complexity index is 1330. The molecule has 0 aromatic carbocycles. The standard InChI is InChI=1S/C26H37N6O4P/c1-5-19-9-8-18(15-28-19)23-14-22-17(4)30-26(27)31-24(22)32(25(23)33)21-12-10-20(11-13-21)29-16-37(34,35-6-2)36-7-3/h8-9,14-15,20-21,29H,5-7,10-13,16H2,1-4H3,(H2,27,30,31). The van der Waals surface area contributed by atoms with E-state index in [2.05, 4.69) is 20.3 Å². The molecule has 3 aromatic rings. The van der Waals surface area contributed by atoms with Crippen LogP contribution in [0.25, 0.3) is 22.2 Å². The predicted molar refractivity (Wildman–Crippen MR) is 146 cm³/mol. The molecule has 0 spiro atoms. The summed E-state index contributed by atoms with van der Waals surface area (Å²) in [5.74, 6) is 0.151. The van der Waals surface area contributed by atoms with Crippen LogP contribution in [0.15, 0.2) is 29.2 Å². The van der Waals surface area contributed by atoms with Gasteiger partial charge < -0.3 is 20.1 Å². The summed E-state index contributed by atoms with van der Waals surface area (Å²) in [4.78, 5) is 27.2. The molecule has 37 heavy (non-hydrogen) atoms. The molecule has 200 valence electrons. The quantitative estimate of drug-likeness (QED) is 0.362. The summed E-state index contributed by atoms with van der Waals surface area (Å²) in [6, 6.07) is 5.87. The molecule has 0 aliphatic heterocycles. The Balaban J connectivity index is 1.63. The third-order valence-electron chi connectivity index (χ3n) is 6.88. The van der Waals surface area contributed by atoms with Gasteiger partial charge in [0.2, 0.25) is 5.95 Å². The molecule has 1 aliphatic rings. The van der Waals surface area contributed by atoms with E-state index in [9.17, 15) is 9.36 Å². The molecule has 3 heterocycles. The summed E-state index contributed by atoms with van der Waals surface area (Å²) in [6.07, 6.45) is 5.91. The highest BCUT2D eigenvalue weighted by atomic mass is 31.2. The average molecular weight is 529 g/mol. The minimum Gasteiger partial charge on any atom is -0.368 e. The summed E-state index contributed by atoms with van der Waals surface area (Å²) >= 11 is 0. The lowest BCUT2D eigenvalue weighted by molar-refractivity contribution is 0.213. The van der Waals surface area contributed by atoms with Crippen LogP contribution in [0.3, 0.4) is 0 Å². The lowest BCUT2D eigenvalue weighted by Gasteiger charge is -2.32. The van der Waals surface area contributed by atoms with Crippen LogP contribution in [0.4, 0.5) is 5.95 Å². The van der Waals surface area contributed by atoms with E-state index in [4.69, 9.17) is 14.8 Å². The van der Waals surface area contributed by atoms with Crippen molar-refractivity contribution in [2.45, 2.75) is 71.9 Å². The molecule has 1 saturated carbocycles. The van der Waals surface area contributed by atoms with Gasteiger partial charge in [0.1, 0.15) is 5.65 Å². The molecule has 4 rings (SSSR count). The number of fused-ring (bicyclic) bond motifs is 1. The number of nitrogen functional groups attached to an aromatic ring is 1. The zero-order valence-corrected chi connectivity index (χ0v) is 23.0. The van der Waals surface area contributed by atoms with Crippen LogP contribution in [-0.2, 0) is 20.0 Å². The van der Waals surface area contributed by atoms with Crippen LogP contribution in [0, 0.1) is 6.92 Å². The van der Waals surface area contributed by atoms with E-state index < -0.39 is 7.60 Å².